The Bertz CT molecular complexity index is 806. The van der Waals surface area contributed by atoms with Crippen LogP contribution >= 0.6 is 11.8 Å². The van der Waals surface area contributed by atoms with E-state index in [0.717, 1.165) is 0 Å². The summed E-state index contributed by atoms with van der Waals surface area (Å²) >= 11 is 1.45. The molecular formula is C17H18FN3O3S. The predicted molar refractivity (Wildman–Crippen MR) is 92.2 cm³/mol. The SMILES string of the molecule is CC1(C)SC[C@H](C(=O)NCc2cc(-c3cccc(F)c3)no2)NC1=O. The molecular weight excluding hydrogens is 345 g/mol. The average Bonchev–Trinajstić information content (AvgIpc) is 3.04. The van der Waals surface area contributed by atoms with Gasteiger partial charge in [0.2, 0.25) is 11.8 Å². The van der Waals surface area contributed by atoms with Gasteiger partial charge >= 0.3 is 0 Å². The molecule has 1 aromatic heterocycles. The van der Waals surface area contributed by atoms with Gasteiger partial charge in [0.05, 0.1) is 11.3 Å². The molecule has 8 heteroatoms. The summed E-state index contributed by atoms with van der Waals surface area (Å²) in [5.74, 6) is 0.166. The highest BCUT2D eigenvalue weighted by Gasteiger charge is 2.37. The molecule has 2 amide bonds. The topological polar surface area (TPSA) is 84.2 Å². The van der Waals surface area contributed by atoms with Crippen molar-refractivity contribution < 1.29 is 18.5 Å². The second kappa shape index (κ2) is 6.87. The summed E-state index contributed by atoms with van der Waals surface area (Å²) in [6.45, 7) is 3.79. The molecule has 1 saturated heterocycles. The second-order valence-electron chi connectivity index (χ2n) is 6.25. The molecule has 2 aromatic rings. The van der Waals surface area contributed by atoms with Crippen LogP contribution in [-0.2, 0) is 16.1 Å². The van der Waals surface area contributed by atoms with Gasteiger partial charge in [-0.3, -0.25) is 9.59 Å². The number of nitrogens with zero attached hydrogens (tertiary/aromatic N) is 1. The molecule has 1 atom stereocenters. The summed E-state index contributed by atoms with van der Waals surface area (Å²) in [5.41, 5.74) is 1.09. The molecule has 0 spiro atoms. The van der Waals surface area contributed by atoms with E-state index in [-0.39, 0.29) is 24.2 Å². The smallest absolute Gasteiger partial charge is 0.243 e. The van der Waals surface area contributed by atoms with Crippen LogP contribution < -0.4 is 10.6 Å². The zero-order chi connectivity index (χ0) is 18.0. The van der Waals surface area contributed by atoms with Crippen LogP contribution in [0.3, 0.4) is 0 Å². The van der Waals surface area contributed by atoms with Gasteiger partial charge in [-0.2, -0.15) is 0 Å². The Balaban J connectivity index is 1.57. The summed E-state index contributed by atoms with van der Waals surface area (Å²) in [6.07, 6.45) is 0. The summed E-state index contributed by atoms with van der Waals surface area (Å²) < 4.78 is 17.9. The van der Waals surface area contributed by atoms with Gasteiger partial charge in [-0.25, -0.2) is 4.39 Å². The number of amides is 2. The molecule has 0 aliphatic carbocycles. The number of benzene rings is 1. The second-order valence-corrected chi connectivity index (χ2v) is 7.90. The highest BCUT2D eigenvalue weighted by molar-refractivity contribution is 8.01. The fourth-order valence-electron chi connectivity index (χ4n) is 2.35. The van der Waals surface area contributed by atoms with Gasteiger partial charge < -0.3 is 15.2 Å². The van der Waals surface area contributed by atoms with Crippen LogP contribution in [0.1, 0.15) is 19.6 Å². The Kier molecular flexibility index (Phi) is 4.80. The van der Waals surface area contributed by atoms with E-state index >= 15 is 0 Å². The van der Waals surface area contributed by atoms with E-state index in [9.17, 15) is 14.0 Å². The molecule has 2 heterocycles. The van der Waals surface area contributed by atoms with Crippen LogP contribution in [0, 0.1) is 5.82 Å². The minimum Gasteiger partial charge on any atom is -0.359 e. The first-order valence-corrected chi connectivity index (χ1v) is 8.78. The van der Waals surface area contributed by atoms with E-state index in [0.29, 0.717) is 22.8 Å². The maximum atomic E-state index is 13.3. The first-order chi connectivity index (χ1) is 11.8. The quantitative estimate of drug-likeness (QED) is 0.869. The number of aromatic nitrogens is 1. The number of carbonyl (C=O) groups excluding carboxylic acids is 2. The highest BCUT2D eigenvalue weighted by atomic mass is 32.2. The molecule has 1 aromatic carbocycles. The van der Waals surface area contributed by atoms with Gasteiger partial charge in [0.15, 0.2) is 5.76 Å². The molecule has 0 bridgehead atoms. The summed E-state index contributed by atoms with van der Waals surface area (Å²) in [4.78, 5) is 24.1. The largest absolute Gasteiger partial charge is 0.359 e. The lowest BCUT2D eigenvalue weighted by atomic mass is 10.1. The molecule has 3 rings (SSSR count). The third-order valence-corrected chi connectivity index (χ3v) is 5.30. The van der Waals surface area contributed by atoms with E-state index in [1.807, 2.05) is 13.8 Å². The van der Waals surface area contributed by atoms with E-state index in [2.05, 4.69) is 15.8 Å². The molecule has 0 unspecified atom stereocenters. The Morgan fingerprint density at radius 2 is 2.28 bits per heavy atom. The predicted octanol–water partition coefficient (Wildman–Crippen LogP) is 2.11. The van der Waals surface area contributed by atoms with Crippen molar-refractivity contribution in [2.45, 2.75) is 31.2 Å². The maximum absolute atomic E-state index is 13.3. The fraction of sp³-hybridized carbons (Fsp3) is 0.353. The molecule has 0 radical (unpaired) electrons. The zero-order valence-corrected chi connectivity index (χ0v) is 14.7. The number of hydrogen-bond acceptors (Lipinski definition) is 5. The van der Waals surface area contributed by atoms with Crippen LogP contribution in [0.4, 0.5) is 4.39 Å². The molecule has 2 N–H and O–H groups in total. The normalized spacial score (nSPS) is 19.3. The fourth-order valence-corrected chi connectivity index (χ4v) is 3.36. The monoisotopic (exact) mass is 363 g/mol. The van der Waals surface area contributed by atoms with Crippen LogP contribution in [0.5, 0.6) is 0 Å². The van der Waals surface area contributed by atoms with Gasteiger partial charge in [0, 0.05) is 17.4 Å². The molecule has 6 nitrogen and oxygen atoms in total. The molecule has 25 heavy (non-hydrogen) atoms. The van der Waals surface area contributed by atoms with Crippen molar-refractivity contribution in [2.75, 3.05) is 5.75 Å². The van der Waals surface area contributed by atoms with Crippen LogP contribution in [0.15, 0.2) is 34.9 Å². The standard InChI is InChI=1S/C17H18FN3O3S/c1-17(2)16(23)20-14(9-25-17)15(22)19-8-12-7-13(21-24-12)10-4-3-5-11(18)6-10/h3-7,14H,8-9H2,1-2H3,(H,19,22)(H,20,23)/t14-/m1/s1. The van der Waals surface area contributed by atoms with Crippen LogP contribution in [0.25, 0.3) is 11.3 Å². The average molecular weight is 363 g/mol. The van der Waals surface area contributed by atoms with E-state index in [4.69, 9.17) is 4.52 Å². The van der Waals surface area contributed by atoms with Crippen molar-refractivity contribution >= 4 is 23.6 Å². The Morgan fingerprint density at radius 3 is 3.00 bits per heavy atom. The van der Waals surface area contributed by atoms with Crippen molar-refractivity contribution in [3.8, 4) is 11.3 Å². The minimum atomic E-state index is -0.573. The molecule has 1 aliphatic rings. The van der Waals surface area contributed by atoms with Crippen molar-refractivity contribution in [2.24, 2.45) is 0 Å². The van der Waals surface area contributed by atoms with Gasteiger partial charge in [0.25, 0.3) is 0 Å². The number of halogens is 1. The number of nitrogens with one attached hydrogen (secondary N) is 2. The van der Waals surface area contributed by atoms with Gasteiger partial charge in [-0.15, -0.1) is 11.8 Å². The molecule has 1 fully saturated rings. The third-order valence-electron chi connectivity index (χ3n) is 3.90. The lowest BCUT2D eigenvalue weighted by Crippen LogP contribution is -2.56. The number of carbonyl (C=O) groups is 2. The summed E-state index contributed by atoms with van der Waals surface area (Å²) in [6, 6.07) is 7.09. The number of thioether (sulfide) groups is 1. The van der Waals surface area contributed by atoms with Gasteiger partial charge in [0.1, 0.15) is 17.6 Å². The van der Waals surface area contributed by atoms with Crippen molar-refractivity contribution in [3.05, 3.63) is 41.9 Å². The Hall–Kier alpha value is -2.35. The first kappa shape index (κ1) is 17.5. The van der Waals surface area contributed by atoms with Crippen molar-refractivity contribution in [1.29, 1.82) is 0 Å². The summed E-state index contributed by atoms with van der Waals surface area (Å²) in [7, 11) is 0. The first-order valence-electron chi connectivity index (χ1n) is 7.79. The van der Waals surface area contributed by atoms with Crippen molar-refractivity contribution in [3.63, 3.8) is 0 Å². The third kappa shape index (κ3) is 4.01. The van der Waals surface area contributed by atoms with Gasteiger partial charge in [-0.1, -0.05) is 17.3 Å². The lowest BCUT2D eigenvalue weighted by Gasteiger charge is -2.32. The maximum Gasteiger partial charge on any atom is 0.243 e. The molecule has 132 valence electrons. The van der Waals surface area contributed by atoms with E-state index in [1.54, 1.807) is 18.2 Å². The van der Waals surface area contributed by atoms with Gasteiger partial charge in [-0.05, 0) is 26.0 Å². The number of hydrogen-bond donors (Lipinski definition) is 2. The minimum absolute atomic E-state index is 0.140. The highest BCUT2D eigenvalue weighted by Crippen LogP contribution is 2.29. The zero-order valence-electron chi connectivity index (χ0n) is 13.8. The molecule has 0 saturated carbocycles. The lowest BCUT2D eigenvalue weighted by molar-refractivity contribution is -0.129. The van der Waals surface area contributed by atoms with Crippen LogP contribution in [-0.4, -0.2) is 33.5 Å². The Morgan fingerprint density at radius 1 is 1.48 bits per heavy atom. The van der Waals surface area contributed by atoms with Crippen LogP contribution in [0.2, 0.25) is 0 Å². The van der Waals surface area contributed by atoms with Crippen molar-refractivity contribution in [1.82, 2.24) is 15.8 Å². The Labute approximate surface area is 148 Å². The summed E-state index contributed by atoms with van der Waals surface area (Å²) in [5, 5.41) is 9.32. The van der Waals surface area contributed by atoms with E-state index in [1.165, 1.54) is 23.9 Å². The number of rotatable bonds is 4. The molecule has 1 aliphatic heterocycles. The van der Waals surface area contributed by atoms with E-state index < -0.39 is 10.8 Å².